The van der Waals surface area contributed by atoms with Crippen LogP contribution in [0.5, 0.6) is 0 Å². The summed E-state index contributed by atoms with van der Waals surface area (Å²) in [6.07, 6.45) is 7.16. The second kappa shape index (κ2) is 6.77. The summed E-state index contributed by atoms with van der Waals surface area (Å²) in [7, 11) is 0. The number of nitrogens with zero attached hydrogens (tertiary/aromatic N) is 1. The number of carbonyl (C=O) groups is 1. The lowest BCUT2D eigenvalue weighted by Gasteiger charge is -2.04. The minimum atomic E-state index is -0.196. The van der Waals surface area contributed by atoms with Gasteiger partial charge < -0.3 is 9.73 Å². The van der Waals surface area contributed by atoms with E-state index in [4.69, 9.17) is 4.42 Å². The number of hydrogen-bond donors (Lipinski definition) is 1. The highest BCUT2D eigenvalue weighted by molar-refractivity contribution is 6.12. The van der Waals surface area contributed by atoms with E-state index in [0.29, 0.717) is 17.9 Å². The lowest BCUT2D eigenvalue weighted by Crippen LogP contribution is -2.25. The third kappa shape index (κ3) is 3.11. The maximum atomic E-state index is 12.6. The molecule has 0 unspecified atom stereocenters. The summed E-state index contributed by atoms with van der Waals surface area (Å²) in [4.78, 5) is 16.8. The van der Waals surface area contributed by atoms with Crippen LogP contribution in [0.3, 0.4) is 0 Å². The Morgan fingerprint density at radius 2 is 1.96 bits per heavy atom. The SMILES string of the molecule is O=C(NCCCc1ccccc1)c1oc2cccc3c2c1C=NC=C3. The fourth-order valence-electron chi connectivity index (χ4n) is 3.09. The van der Waals surface area contributed by atoms with Gasteiger partial charge in [-0.2, -0.15) is 0 Å². The van der Waals surface area contributed by atoms with Crippen molar-refractivity contribution in [2.45, 2.75) is 12.8 Å². The molecule has 4 heteroatoms. The zero-order valence-corrected chi connectivity index (χ0v) is 13.7. The van der Waals surface area contributed by atoms with Crippen LogP contribution >= 0.6 is 0 Å². The molecule has 1 N–H and O–H groups in total. The van der Waals surface area contributed by atoms with Crippen molar-refractivity contribution >= 4 is 29.2 Å². The summed E-state index contributed by atoms with van der Waals surface area (Å²) < 4.78 is 5.81. The minimum absolute atomic E-state index is 0.196. The molecule has 0 atom stereocenters. The van der Waals surface area contributed by atoms with E-state index < -0.39 is 0 Å². The average Bonchev–Trinajstić information content (AvgIpc) is 2.88. The van der Waals surface area contributed by atoms with Crippen LogP contribution in [0.1, 0.15) is 33.7 Å². The van der Waals surface area contributed by atoms with Crippen LogP contribution in [0.15, 0.2) is 64.1 Å². The van der Waals surface area contributed by atoms with E-state index in [9.17, 15) is 4.79 Å². The van der Waals surface area contributed by atoms with Crippen molar-refractivity contribution in [3.05, 3.63) is 77.2 Å². The van der Waals surface area contributed by atoms with Crippen LogP contribution < -0.4 is 5.32 Å². The van der Waals surface area contributed by atoms with Crippen molar-refractivity contribution in [3.8, 4) is 0 Å². The van der Waals surface area contributed by atoms with Gasteiger partial charge in [-0.3, -0.25) is 9.79 Å². The molecule has 0 radical (unpaired) electrons. The molecule has 2 heterocycles. The lowest BCUT2D eigenvalue weighted by molar-refractivity contribution is 0.0927. The average molecular weight is 330 g/mol. The topological polar surface area (TPSA) is 54.6 Å². The van der Waals surface area contributed by atoms with Crippen molar-refractivity contribution < 1.29 is 9.21 Å². The molecule has 0 aliphatic carbocycles. The largest absolute Gasteiger partial charge is 0.450 e. The van der Waals surface area contributed by atoms with Gasteiger partial charge in [0.05, 0.1) is 5.56 Å². The van der Waals surface area contributed by atoms with Crippen molar-refractivity contribution in [1.29, 1.82) is 0 Å². The molecular formula is C21H18N2O2. The lowest BCUT2D eigenvalue weighted by atomic mass is 10.1. The number of nitrogens with one attached hydrogen (secondary N) is 1. The molecule has 1 aliphatic rings. The summed E-state index contributed by atoms with van der Waals surface area (Å²) in [6, 6.07) is 16.0. The summed E-state index contributed by atoms with van der Waals surface area (Å²) in [6.45, 7) is 0.604. The molecule has 0 fully saturated rings. The Bertz CT molecular complexity index is 968. The molecule has 4 nitrogen and oxygen atoms in total. The fraction of sp³-hybridized carbons (Fsp3) is 0.143. The van der Waals surface area contributed by atoms with E-state index in [1.807, 2.05) is 42.5 Å². The van der Waals surface area contributed by atoms with E-state index in [-0.39, 0.29) is 5.91 Å². The smallest absolute Gasteiger partial charge is 0.287 e. The highest BCUT2D eigenvalue weighted by Crippen LogP contribution is 2.30. The second-order valence-electron chi connectivity index (χ2n) is 6.00. The Hall–Kier alpha value is -3.14. The van der Waals surface area contributed by atoms with Gasteiger partial charge >= 0.3 is 0 Å². The molecule has 0 bridgehead atoms. The van der Waals surface area contributed by atoms with E-state index in [2.05, 4.69) is 22.4 Å². The first kappa shape index (κ1) is 15.4. The highest BCUT2D eigenvalue weighted by atomic mass is 16.3. The Morgan fingerprint density at radius 1 is 1.08 bits per heavy atom. The predicted molar refractivity (Wildman–Crippen MR) is 99.9 cm³/mol. The van der Waals surface area contributed by atoms with Crippen molar-refractivity contribution in [2.24, 2.45) is 4.99 Å². The number of aliphatic imine (C=N–C) groups is 1. The fourth-order valence-corrected chi connectivity index (χ4v) is 3.09. The van der Waals surface area contributed by atoms with E-state index >= 15 is 0 Å². The Morgan fingerprint density at radius 3 is 2.84 bits per heavy atom. The van der Waals surface area contributed by atoms with Gasteiger partial charge in [-0.05, 0) is 36.1 Å². The number of amides is 1. The van der Waals surface area contributed by atoms with E-state index in [1.54, 1.807) is 12.4 Å². The van der Waals surface area contributed by atoms with Crippen LogP contribution in [-0.4, -0.2) is 18.7 Å². The number of benzene rings is 2. The van der Waals surface area contributed by atoms with Crippen LogP contribution in [0.25, 0.3) is 17.0 Å². The Kier molecular flexibility index (Phi) is 4.17. The number of aryl methyl sites for hydroxylation is 1. The van der Waals surface area contributed by atoms with Crippen molar-refractivity contribution in [1.82, 2.24) is 5.32 Å². The van der Waals surface area contributed by atoms with Gasteiger partial charge in [0.15, 0.2) is 0 Å². The van der Waals surface area contributed by atoms with Gasteiger partial charge in [0, 0.05) is 24.3 Å². The van der Waals surface area contributed by atoms with Crippen LogP contribution in [0, 0.1) is 0 Å². The van der Waals surface area contributed by atoms with Crippen molar-refractivity contribution in [2.75, 3.05) is 6.54 Å². The van der Waals surface area contributed by atoms with Crippen LogP contribution in [0.2, 0.25) is 0 Å². The summed E-state index contributed by atoms with van der Waals surface area (Å²) in [5.41, 5.74) is 3.74. The van der Waals surface area contributed by atoms with Gasteiger partial charge in [0.1, 0.15) is 5.58 Å². The number of carbonyl (C=O) groups excluding carboxylic acids is 1. The molecule has 0 spiro atoms. The van der Waals surface area contributed by atoms with Crippen LogP contribution in [0.4, 0.5) is 0 Å². The summed E-state index contributed by atoms with van der Waals surface area (Å²) in [5, 5.41) is 3.89. The van der Waals surface area contributed by atoms with E-state index in [0.717, 1.165) is 29.4 Å². The Balaban J connectivity index is 1.48. The van der Waals surface area contributed by atoms with Gasteiger partial charge in [-0.15, -0.1) is 0 Å². The third-order valence-electron chi connectivity index (χ3n) is 4.31. The minimum Gasteiger partial charge on any atom is -0.450 e. The first-order chi connectivity index (χ1) is 12.3. The molecule has 2 aromatic carbocycles. The van der Waals surface area contributed by atoms with E-state index in [1.165, 1.54) is 5.56 Å². The predicted octanol–water partition coefficient (Wildman–Crippen LogP) is 4.20. The van der Waals surface area contributed by atoms with Gasteiger partial charge in [0.2, 0.25) is 5.76 Å². The summed E-state index contributed by atoms with van der Waals surface area (Å²) >= 11 is 0. The van der Waals surface area contributed by atoms with Gasteiger partial charge in [0.25, 0.3) is 5.91 Å². The molecule has 1 aromatic heterocycles. The molecule has 3 aromatic rings. The number of rotatable bonds is 5. The summed E-state index contributed by atoms with van der Waals surface area (Å²) in [5.74, 6) is 0.133. The molecule has 1 aliphatic heterocycles. The molecule has 0 saturated heterocycles. The standard InChI is InChI=1S/C21H18N2O2/c24-21(23-12-5-8-15-6-2-1-3-7-15)20-17-14-22-13-11-16-9-4-10-18(25-20)19(16)17/h1-4,6-7,9-11,13-14H,5,8,12H2,(H,23,24). The molecular weight excluding hydrogens is 312 g/mol. The molecule has 0 saturated carbocycles. The monoisotopic (exact) mass is 330 g/mol. The normalized spacial score (nSPS) is 12.3. The quantitative estimate of drug-likeness (QED) is 0.713. The zero-order valence-electron chi connectivity index (χ0n) is 13.7. The van der Waals surface area contributed by atoms with Crippen molar-refractivity contribution in [3.63, 3.8) is 0 Å². The molecule has 4 rings (SSSR count). The third-order valence-corrected chi connectivity index (χ3v) is 4.31. The maximum Gasteiger partial charge on any atom is 0.287 e. The number of hydrogen-bond acceptors (Lipinski definition) is 3. The maximum absolute atomic E-state index is 12.6. The number of furan rings is 1. The van der Waals surface area contributed by atoms with Crippen LogP contribution in [-0.2, 0) is 6.42 Å². The van der Waals surface area contributed by atoms with Gasteiger partial charge in [-0.25, -0.2) is 0 Å². The molecule has 1 amide bonds. The second-order valence-corrected chi connectivity index (χ2v) is 6.00. The first-order valence-corrected chi connectivity index (χ1v) is 8.40. The first-order valence-electron chi connectivity index (χ1n) is 8.40. The highest BCUT2D eigenvalue weighted by Gasteiger charge is 2.21. The van der Waals surface area contributed by atoms with Gasteiger partial charge in [-0.1, -0.05) is 42.5 Å². The molecule has 124 valence electrons. The molecule has 25 heavy (non-hydrogen) atoms. The Labute approximate surface area is 145 Å². The zero-order chi connectivity index (χ0) is 17.1.